The maximum absolute atomic E-state index is 4.69. The largest absolute Gasteiger partial charge is 0.354 e. The molecule has 102 valence electrons. The van der Waals surface area contributed by atoms with Crippen LogP contribution in [-0.2, 0) is 0 Å². The Hall–Kier alpha value is -1.94. The van der Waals surface area contributed by atoms with Gasteiger partial charge in [-0.1, -0.05) is 25.1 Å². The van der Waals surface area contributed by atoms with Crippen LogP contribution in [0.3, 0.4) is 0 Å². The fourth-order valence-electron chi connectivity index (χ4n) is 2.22. The monoisotopic (exact) mass is 283 g/mol. The molecular weight excluding hydrogens is 266 g/mol. The third kappa shape index (κ3) is 2.39. The van der Waals surface area contributed by atoms with Crippen molar-refractivity contribution in [2.45, 2.75) is 20.3 Å². The molecule has 2 heterocycles. The van der Waals surface area contributed by atoms with E-state index in [0.717, 1.165) is 24.2 Å². The Morgan fingerprint density at radius 3 is 3.00 bits per heavy atom. The fraction of sp³-hybridized carbons (Fsp3) is 0.250. The smallest absolute Gasteiger partial charge is 0.223 e. The van der Waals surface area contributed by atoms with Crippen molar-refractivity contribution in [2.24, 2.45) is 0 Å². The van der Waals surface area contributed by atoms with Gasteiger partial charge >= 0.3 is 0 Å². The van der Waals surface area contributed by atoms with Crippen LogP contribution in [0.5, 0.6) is 0 Å². The molecule has 0 aliphatic heterocycles. The molecule has 0 bridgehead atoms. The van der Waals surface area contributed by atoms with Gasteiger partial charge in [0.25, 0.3) is 0 Å². The van der Waals surface area contributed by atoms with E-state index < -0.39 is 0 Å². The highest BCUT2D eigenvalue weighted by Gasteiger charge is 2.10. The number of rotatable bonds is 4. The lowest BCUT2D eigenvalue weighted by Crippen LogP contribution is -2.05. The highest BCUT2D eigenvalue weighted by molar-refractivity contribution is 7.17. The van der Waals surface area contributed by atoms with Gasteiger partial charge in [0.2, 0.25) is 5.95 Å². The number of fused-ring (bicyclic) bond motifs is 1. The minimum Gasteiger partial charge on any atom is -0.354 e. The molecule has 0 spiro atoms. The van der Waals surface area contributed by atoms with Crippen molar-refractivity contribution in [2.75, 3.05) is 11.9 Å². The highest BCUT2D eigenvalue weighted by atomic mass is 32.1. The van der Waals surface area contributed by atoms with Crippen molar-refractivity contribution in [3.8, 4) is 11.3 Å². The molecule has 0 amide bonds. The molecule has 0 radical (unpaired) electrons. The van der Waals surface area contributed by atoms with Gasteiger partial charge < -0.3 is 5.32 Å². The van der Waals surface area contributed by atoms with E-state index in [9.17, 15) is 0 Å². The van der Waals surface area contributed by atoms with Gasteiger partial charge in [-0.2, -0.15) is 0 Å². The summed E-state index contributed by atoms with van der Waals surface area (Å²) in [6, 6.07) is 8.52. The molecule has 0 fully saturated rings. The molecule has 0 atom stereocenters. The lowest BCUT2D eigenvalue weighted by Gasteiger charge is -2.09. The molecule has 1 N–H and O–H groups in total. The van der Waals surface area contributed by atoms with Crippen molar-refractivity contribution in [1.29, 1.82) is 0 Å². The second-order valence-corrected chi connectivity index (χ2v) is 5.71. The fourth-order valence-corrected chi connectivity index (χ4v) is 3.13. The van der Waals surface area contributed by atoms with Crippen molar-refractivity contribution < 1.29 is 0 Å². The molecule has 0 aliphatic rings. The van der Waals surface area contributed by atoms with Gasteiger partial charge in [-0.05, 0) is 35.7 Å². The summed E-state index contributed by atoms with van der Waals surface area (Å²) < 4.78 is 1.29. The molecule has 1 aromatic carbocycles. The quantitative estimate of drug-likeness (QED) is 0.766. The Balaban J connectivity index is 2.10. The number of hydrogen-bond acceptors (Lipinski definition) is 4. The van der Waals surface area contributed by atoms with Gasteiger partial charge in [-0.25, -0.2) is 9.97 Å². The number of hydrogen-bond donors (Lipinski definition) is 1. The molecule has 4 heteroatoms. The number of nitrogens with one attached hydrogen (secondary N) is 1. The normalized spacial score (nSPS) is 10.9. The molecule has 0 saturated carbocycles. The van der Waals surface area contributed by atoms with Crippen LogP contribution < -0.4 is 5.32 Å². The summed E-state index contributed by atoms with van der Waals surface area (Å²) in [7, 11) is 0. The van der Waals surface area contributed by atoms with Gasteiger partial charge in [0, 0.05) is 23.0 Å². The Morgan fingerprint density at radius 2 is 2.15 bits per heavy atom. The zero-order chi connectivity index (χ0) is 13.9. The molecule has 3 rings (SSSR count). The second-order valence-electron chi connectivity index (χ2n) is 4.80. The Labute approximate surface area is 122 Å². The molecule has 3 aromatic rings. The van der Waals surface area contributed by atoms with Crippen LogP contribution in [0.2, 0.25) is 0 Å². The third-order valence-electron chi connectivity index (χ3n) is 3.24. The van der Waals surface area contributed by atoms with E-state index in [1.165, 1.54) is 15.6 Å². The molecule has 0 unspecified atom stereocenters. The number of aryl methyl sites for hydroxylation is 1. The minimum atomic E-state index is 0.709. The van der Waals surface area contributed by atoms with E-state index in [1.54, 1.807) is 11.3 Å². The van der Waals surface area contributed by atoms with Crippen LogP contribution >= 0.6 is 11.3 Å². The van der Waals surface area contributed by atoms with Crippen LogP contribution in [0.4, 0.5) is 5.95 Å². The summed E-state index contributed by atoms with van der Waals surface area (Å²) in [6.07, 6.45) is 2.96. The molecular formula is C16H17N3S. The van der Waals surface area contributed by atoms with E-state index in [-0.39, 0.29) is 0 Å². The predicted octanol–water partition coefficient (Wildman–Crippen LogP) is 4.49. The summed E-state index contributed by atoms with van der Waals surface area (Å²) in [5.41, 5.74) is 3.32. The van der Waals surface area contributed by atoms with Gasteiger partial charge in [-0.15, -0.1) is 11.3 Å². The van der Waals surface area contributed by atoms with Gasteiger partial charge in [0.05, 0.1) is 5.69 Å². The van der Waals surface area contributed by atoms with E-state index in [0.29, 0.717) is 5.95 Å². The number of aromatic nitrogens is 2. The first-order valence-corrected chi connectivity index (χ1v) is 7.71. The Morgan fingerprint density at radius 1 is 1.25 bits per heavy atom. The van der Waals surface area contributed by atoms with Gasteiger partial charge in [0.1, 0.15) is 0 Å². The molecule has 0 saturated heterocycles. The van der Waals surface area contributed by atoms with E-state index in [4.69, 9.17) is 4.98 Å². The average molecular weight is 283 g/mol. The zero-order valence-corrected chi connectivity index (χ0v) is 12.5. The maximum atomic E-state index is 4.69. The van der Waals surface area contributed by atoms with E-state index in [1.807, 2.05) is 6.20 Å². The summed E-state index contributed by atoms with van der Waals surface area (Å²) >= 11 is 1.76. The van der Waals surface area contributed by atoms with Crippen molar-refractivity contribution in [3.63, 3.8) is 0 Å². The predicted molar refractivity (Wildman–Crippen MR) is 86.4 cm³/mol. The van der Waals surface area contributed by atoms with E-state index in [2.05, 4.69) is 53.8 Å². The number of anilines is 1. The summed E-state index contributed by atoms with van der Waals surface area (Å²) in [5.74, 6) is 0.709. The summed E-state index contributed by atoms with van der Waals surface area (Å²) in [4.78, 5) is 9.05. The second kappa shape index (κ2) is 5.59. The number of benzene rings is 1. The van der Waals surface area contributed by atoms with Crippen LogP contribution in [0, 0.1) is 6.92 Å². The van der Waals surface area contributed by atoms with Gasteiger partial charge in [-0.3, -0.25) is 0 Å². The average Bonchev–Trinajstić information content (AvgIpc) is 2.95. The van der Waals surface area contributed by atoms with Crippen LogP contribution in [0.25, 0.3) is 21.3 Å². The van der Waals surface area contributed by atoms with Crippen LogP contribution in [0.1, 0.15) is 18.9 Å². The first-order chi connectivity index (χ1) is 9.79. The lowest BCUT2D eigenvalue weighted by molar-refractivity contribution is 0.951. The van der Waals surface area contributed by atoms with Crippen molar-refractivity contribution in [1.82, 2.24) is 9.97 Å². The third-order valence-corrected chi connectivity index (χ3v) is 4.20. The first kappa shape index (κ1) is 13.1. The maximum Gasteiger partial charge on any atom is 0.223 e. The minimum absolute atomic E-state index is 0.709. The molecule has 3 nitrogen and oxygen atoms in total. The number of nitrogens with zero attached hydrogens (tertiary/aromatic N) is 2. The topological polar surface area (TPSA) is 37.8 Å². The Bertz CT molecular complexity index is 733. The highest BCUT2D eigenvalue weighted by Crippen LogP contribution is 2.33. The van der Waals surface area contributed by atoms with E-state index >= 15 is 0 Å². The summed E-state index contributed by atoms with van der Waals surface area (Å²) in [5, 5.41) is 6.65. The molecule has 0 aliphatic carbocycles. The zero-order valence-electron chi connectivity index (χ0n) is 11.7. The van der Waals surface area contributed by atoms with Crippen molar-refractivity contribution >= 4 is 27.4 Å². The Kier molecular flexibility index (Phi) is 3.65. The van der Waals surface area contributed by atoms with Crippen molar-refractivity contribution in [3.05, 3.63) is 41.4 Å². The van der Waals surface area contributed by atoms with Gasteiger partial charge in [0.15, 0.2) is 0 Å². The first-order valence-electron chi connectivity index (χ1n) is 6.83. The standard InChI is InChI=1S/C16H17N3S/c1-3-8-17-16-18-10-11(2)14(19-16)13-6-4-5-12-7-9-20-15(12)13/h4-7,9-10H,3,8H2,1-2H3,(H,17,18,19). The van der Waals surface area contributed by atoms with Crippen LogP contribution in [-0.4, -0.2) is 16.5 Å². The SMILES string of the molecule is CCCNc1ncc(C)c(-c2cccc3ccsc23)n1. The van der Waals surface area contributed by atoms with Crippen LogP contribution in [0.15, 0.2) is 35.8 Å². The number of thiophene rings is 1. The summed E-state index contributed by atoms with van der Waals surface area (Å²) in [6.45, 7) is 5.09. The lowest BCUT2D eigenvalue weighted by atomic mass is 10.1. The molecule has 2 aromatic heterocycles. The molecule has 20 heavy (non-hydrogen) atoms.